The second-order valence-electron chi connectivity index (χ2n) is 5.74. The summed E-state index contributed by atoms with van der Waals surface area (Å²) in [6, 6.07) is 9.35. The highest BCUT2D eigenvalue weighted by Crippen LogP contribution is 2.36. The molecule has 0 spiro atoms. The Morgan fingerprint density at radius 3 is 2.47 bits per heavy atom. The third kappa shape index (κ3) is 3.35. The van der Waals surface area contributed by atoms with Crippen LogP contribution in [-0.2, 0) is 4.79 Å². The monoisotopic (exact) mass is 261 g/mol. The Morgan fingerprint density at radius 2 is 1.89 bits per heavy atom. The number of nitrogens with one attached hydrogen (secondary N) is 1. The minimum absolute atomic E-state index is 0.0637. The molecule has 0 heterocycles. The van der Waals surface area contributed by atoms with Crippen molar-refractivity contribution in [1.29, 1.82) is 0 Å². The highest BCUT2D eigenvalue weighted by molar-refractivity contribution is 5.82. The fourth-order valence-electron chi connectivity index (χ4n) is 2.81. The van der Waals surface area contributed by atoms with Crippen molar-refractivity contribution in [2.45, 2.75) is 45.1 Å². The van der Waals surface area contributed by atoms with Gasteiger partial charge in [0, 0.05) is 5.41 Å². The Morgan fingerprint density at radius 1 is 1.26 bits per heavy atom. The maximum Gasteiger partial charge on any atom is 0.226 e. The van der Waals surface area contributed by atoms with Gasteiger partial charge in [0.25, 0.3) is 0 Å². The molecule has 1 aliphatic rings. The molecule has 1 amide bonds. The summed E-state index contributed by atoms with van der Waals surface area (Å²) >= 11 is 0. The van der Waals surface area contributed by atoms with Crippen LogP contribution in [0, 0.1) is 5.41 Å². The third-order valence-electron chi connectivity index (χ3n) is 4.20. The van der Waals surface area contributed by atoms with E-state index < -0.39 is 0 Å². The summed E-state index contributed by atoms with van der Waals surface area (Å²) < 4.78 is 0. The molecule has 1 aliphatic carbocycles. The van der Waals surface area contributed by atoms with Crippen LogP contribution in [0.5, 0.6) is 0 Å². The number of hydrogen-bond donors (Lipinski definition) is 2. The molecule has 3 heteroatoms. The lowest BCUT2D eigenvalue weighted by molar-refractivity contribution is -0.133. The Kier molecular flexibility index (Phi) is 4.59. The van der Waals surface area contributed by atoms with Crippen LogP contribution in [-0.4, -0.2) is 17.6 Å². The molecule has 0 unspecified atom stereocenters. The third-order valence-corrected chi connectivity index (χ3v) is 4.20. The highest BCUT2D eigenvalue weighted by Gasteiger charge is 2.35. The van der Waals surface area contributed by atoms with Crippen LogP contribution in [0.15, 0.2) is 30.3 Å². The van der Waals surface area contributed by atoms with Gasteiger partial charge in [-0.15, -0.1) is 0 Å². The first kappa shape index (κ1) is 14.1. The van der Waals surface area contributed by atoms with Crippen LogP contribution in [0.4, 0.5) is 0 Å². The number of benzene rings is 1. The second-order valence-corrected chi connectivity index (χ2v) is 5.74. The van der Waals surface area contributed by atoms with Crippen LogP contribution >= 0.6 is 0 Å². The standard InChI is InChI=1S/C16H23NO2/c1-16(10-6-3-7-11-16)15(19)17-14(12-18)13-8-4-2-5-9-13/h2,4-5,8-9,14,18H,3,6-7,10-12H2,1H3,(H,17,19)/t14-/m1/s1. The lowest BCUT2D eigenvalue weighted by Crippen LogP contribution is -2.42. The number of aliphatic hydroxyl groups is 1. The van der Waals surface area contributed by atoms with Gasteiger partial charge in [-0.25, -0.2) is 0 Å². The first-order valence-electron chi connectivity index (χ1n) is 7.12. The molecular formula is C16H23NO2. The van der Waals surface area contributed by atoms with E-state index in [2.05, 4.69) is 5.32 Å². The van der Waals surface area contributed by atoms with Crippen molar-refractivity contribution in [3.63, 3.8) is 0 Å². The van der Waals surface area contributed by atoms with E-state index in [9.17, 15) is 9.90 Å². The van der Waals surface area contributed by atoms with Gasteiger partial charge in [0.1, 0.15) is 0 Å². The quantitative estimate of drug-likeness (QED) is 0.875. The van der Waals surface area contributed by atoms with E-state index in [4.69, 9.17) is 0 Å². The van der Waals surface area contributed by atoms with Crippen molar-refractivity contribution in [2.75, 3.05) is 6.61 Å². The van der Waals surface area contributed by atoms with E-state index in [1.807, 2.05) is 37.3 Å². The van der Waals surface area contributed by atoms with Gasteiger partial charge in [0.15, 0.2) is 0 Å². The molecule has 19 heavy (non-hydrogen) atoms. The van der Waals surface area contributed by atoms with E-state index in [-0.39, 0.29) is 24.0 Å². The maximum atomic E-state index is 12.4. The van der Waals surface area contributed by atoms with E-state index in [1.165, 1.54) is 6.42 Å². The molecule has 0 bridgehead atoms. The van der Waals surface area contributed by atoms with Gasteiger partial charge in [-0.1, -0.05) is 56.5 Å². The SMILES string of the molecule is CC1(C(=O)N[C@H](CO)c2ccccc2)CCCCC1. The van der Waals surface area contributed by atoms with Crippen LogP contribution in [0.3, 0.4) is 0 Å². The summed E-state index contributed by atoms with van der Waals surface area (Å²) in [5.74, 6) is 0.0788. The van der Waals surface area contributed by atoms with Gasteiger partial charge in [-0.3, -0.25) is 4.79 Å². The minimum Gasteiger partial charge on any atom is -0.394 e. The number of aliphatic hydroxyl groups excluding tert-OH is 1. The molecule has 3 nitrogen and oxygen atoms in total. The van der Waals surface area contributed by atoms with Gasteiger partial charge >= 0.3 is 0 Å². The molecule has 0 aromatic heterocycles. The van der Waals surface area contributed by atoms with Gasteiger partial charge in [-0.2, -0.15) is 0 Å². The largest absolute Gasteiger partial charge is 0.394 e. The van der Waals surface area contributed by atoms with Crippen LogP contribution < -0.4 is 5.32 Å². The molecule has 1 atom stereocenters. The number of hydrogen-bond acceptors (Lipinski definition) is 2. The normalized spacial score (nSPS) is 19.7. The van der Waals surface area contributed by atoms with Crippen LogP contribution in [0.1, 0.15) is 50.6 Å². The average Bonchev–Trinajstić information content (AvgIpc) is 2.46. The van der Waals surface area contributed by atoms with Crippen LogP contribution in [0.2, 0.25) is 0 Å². The Labute approximate surface area is 115 Å². The number of carbonyl (C=O) groups is 1. The van der Waals surface area contributed by atoms with E-state index in [0.29, 0.717) is 0 Å². The summed E-state index contributed by atoms with van der Waals surface area (Å²) in [5.41, 5.74) is 0.693. The zero-order valence-corrected chi connectivity index (χ0v) is 11.6. The van der Waals surface area contributed by atoms with E-state index >= 15 is 0 Å². The molecule has 2 rings (SSSR count). The van der Waals surface area contributed by atoms with Crippen molar-refractivity contribution in [1.82, 2.24) is 5.32 Å². The molecule has 104 valence electrons. The molecule has 1 saturated carbocycles. The van der Waals surface area contributed by atoms with Crippen molar-refractivity contribution in [3.8, 4) is 0 Å². The summed E-state index contributed by atoms with van der Waals surface area (Å²) in [5, 5.41) is 12.5. The van der Waals surface area contributed by atoms with Crippen molar-refractivity contribution < 1.29 is 9.90 Å². The fraction of sp³-hybridized carbons (Fsp3) is 0.562. The number of rotatable bonds is 4. The summed E-state index contributed by atoms with van der Waals surface area (Å²) in [4.78, 5) is 12.4. The van der Waals surface area contributed by atoms with Crippen LogP contribution in [0.25, 0.3) is 0 Å². The van der Waals surface area contributed by atoms with Gasteiger partial charge in [0.2, 0.25) is 5.91 Å². The maximum absolute atomic E-state index is 12.4. The van der Waals surface area contributed by atoms with E-state index in [1.54, 1.807) is 0 Å². The van der Waals surface area contributed by atoms with Gasteiger partial charge < -0.3 is 10.4 Å². The first-order chi connectivity index (χ1) is 9.15. The molecule has 2 N–H and O–H groups in total. The van der Waals surface area contributed by atoms with Gasteiger partial charge in [0.05, 0.1) is 12.6 Å². The predicted molar refractivity (Wildman–Crippen MR) is 75.6 cm³/mol. The molecule has 0 radical (unpaired) electrons. The molecule has 1 fully saturated rings. The molecular weight excluding hydrogens is 238 g/mol. The molecule has 0 saturated heterocycles. The zero-order chi connectivity index (χ0) is 13.7. The number of carbonyl (C=O) groups excluding carboxylic acids is 1. The minimum atomic E-state index is -0.299. The van der Waals surface area contributed by atoms with Gasteiger partial charge in [-0.05, 0) is 18.4 Å². The lowest BCUT2D eigenvalue weighted by Gasteiger charge is -2.33. The average molecular weight is 261 g/mol. The highest BCUT2D eigenvalue weighted by atomic mass is 16.3. The van der Waals surface area contributed by atoms with Crippen molar-refractivity contribution in [2.24, 2.45) is 5.41 Å². The fourth-order valence-corrected chi connectivity index (χ4v) is 2.81. The topological polar surface area (TPSA) is 49.3 Å². The second kappa shape index (κ2) is 6.20. The summed E-state index contributed by atoms with van der Waals surface area (Å²) in [7, 11) is 0. The number of amides is 1. The van der Waals surface area contributed by atoms with Crippen molar-refractivity contribution in [3.05, 3.63) is 35.9 Å². The Hall–Kier alpha value is -1.35. The molecule has 1 aromatic rings. The predicted octanol–water partition coefficient (Wildman–Crippen LogP) is 2.81. The van der Waals surface area contributed by atoms with E-state index in [0.717, 1.165) is 31.2 Å². The summed E-state index contributed by atoms with van der Waals surface area (Å²) in [6.45, 7) is 1.98. The molecule has 0 aliphatic heterocycles. The smallest absolute Gasteiger partial charge is 0.226 e. The Bertz CT molecular complexity index is 410. The van der Waals surface area contributed by atoms with Crippen molar-refractivity contribution >= 4 is 5.91 Å². The zero-order valence-electron chi connectivity index (χ0n) is 11.6. The first-order valence-corrected chi connectivity index (χ1v) is 7.12. The molecule has 1 aromatic carbocycles. The Balaban J connectivity index is 2.04. The lowest BCUT2D eigenvalue weighted by atomic mass is 9.75. The summed E-state index contributed by atoms with van der Waals surface area (Å²) in [6.07, 6.45) is 5.38.